The van der Waals surface area contributed by atoms with Crippen LogP contribution in [0.3, 0.4) is 0 Å². The highest BCUT2D eigenvalue weighted by molar-refractivity contribution is 5.81. The molecule has 0 aliphatic carbocycles. The van der Waals surface area contributed by atoms with Crippen LogP contribution < -0.4 is 15.5 Å². The van der Waals surface area contributed by atoms with Gasteiger partial charge in [-0.3, -0.25) is 4.79 Å². The molecule has 5 heteroatoms. The van der Waals surface area contributed by atoms with Crippen LogP contribution in [0.2, 0.25) is 0 Å². The van der Waals surface area contributed by atoms with Crippen molar-refractivity contribution in [1.29, 1.82) is 5.26 Å². The van der Waals surface area contributed by atoms with Crippen molar-refractivity contribution in [3.63, 3.8) is 0 Å². The molecule has 0 atom stereocenters. The largest absolute Gasteiger partial charge is 0.364 e. The van der Waals surface area contributed by atoms with Gasteiger partial charge in [0.15, 0.2) is 0 Å². The Morgan fingerprint density at radius 2 is 2.17 bits per heavy atom. The monoisotopic (exact) mass is 246 g/mol. The molecule has 1 rings (SSSR count). The summed E-state index contributed by atoms with van der Waals surface area (Å²) in [5, 5.41) is 14.8. The lowest BCUT2D eigenvalue weighted by Crippen LogP contribution is -2.33. The van der Waals surface area contributed by atoms with Crippen LogP contribution in [-0.4, -0.2) is 33.6 Å². The van der Waals surface area contributed by atoms with E-state index in [0.717, 1.165) is 11.3 Å². The first-order valence-corrected chi connectivity index (χ1v) is 5.71. The van der Waals surface area contributed by atoms with E-state index in [0.29, 0.717) is 12.1 Å². The molecule has 0 aromatic heterocycles. The van der Waals surface area contributed by atoms with Crippen molar-refractivity contribution in [1.82, 2.24) is 10.6 Å². The first-order valence-electron chi connectivity index (χ1n) is 5.71. The zero-order valence-corrected chi connectivity index (χ0v) is 10.9. The fourth-order valence-corrected chi connectivity index (χ4v) is 1.70. The molecule has 1 aromatic carbocycles. The van der Waals surface area contributed by atoms with E-state index >= 15 is 0 Å². The summed E-state index contributed by atoms with van der Waals surface area (Å²) < 4.78 is 0. The van der Waals surface area contributed by atoms with Crippen LogP contribution >= 0.6 is 0 Å². The number of rotatable bonds is 5. The highest BCUT2D eigenvalue weighted by atomic mass is 16.1. The van der Waals surface area contributed by atoms with Crippen LogP contribution in [0.5, 0.6) is 0 Å². The summed E-state index contributed by atoms with van der Waals surface area (Å²) in [6.45, 7) is 0.949. The quantitative estimate of drug-likeness (QED) is 0.792. The molecule has 0 heterocycles. The number of likely N-dealkylation sites (N-methyl/N-ethyl adjacent to an activating group) is 2. The molecule has 2 N–H and O–H groups in total. The van der Waals surface area contributed by atoms with Crippen molar-refractivity contribution < 1.29 is 4.79 Å². The molecule has 1 amide bonds. The SMILES string of the molecule is CNCc1ccc(N(C)CC(=O)NC)c(C#N)c1. The van der Waals surface area contributed by atoms with Crippen LogP contribution in [0.1, 0.15) is 11.1 Å². The van der Waals surface area contributed by atoms with Crippen LogP contribution in [0, 0.1) is 11.3 Å². The van der Waals surface area contributed by atoms with Crippen molar-refractivity contribution in [2.45, 2.75) is 6.54 Å². The van der Waals surface area contributed by atoms with E-state index in [1.54, 1.807) is 19.0 Å². The Bertz CT molecular complexity index is 465. The fraction of sp³-hybridized carbons (Fsp3) is 0.385. The van der Waals surface area contributed by atoms with Crippen LogP contribution in [0.25, 0.3) is 0 Å². The average Bonchev–Trinajstić information content (AvgIpc) is 2.38. The van der Waals surface area contributed by atoms with E-state index in [1.807, 2.05) is 25.2 Å². The van der Waals surface area contributed by atoms with Crippen molar-refractivity contribution >= 4 is 11.6 Å². The summed E-state index contributed by atoms with van der Waals surface area (Å²) >= 11 is 0. The Kier molecular flexibility index (Phi) is 5.15. The minimum absolute atomic E-state index is 0.0827. The zero-order valence-electron chi connectivity index (χ0n) is 10.9. The smallest absolute Gasteiger partial charge is 0.239 e. The van der Waals surface area contributed by atoms with E-state index in [4.69, 9.17) is 5.26 Å². The Balaban J connectivity index is 2.95. The van der Waals surface area contributed by atoms with Crippen molar-refractivity contribution in [3.05, 3.63) is 29.3 Å². The number of nitrogens with one attached hydrogen (secondary N) is 2. The van der Waals surface area contributed by atoms with Gasteiger partial charge in [-0.25, -0.2) is 0 Å². The predicted molar refractivity (Wildman–Crippen MR) is 71.3 cm³/mol. The number of anilines is 1. The topological polar surface area (TPSA) is 68.2 Å². The van der Waals surface area contributed by atoms with Gasteiger partial charge in [0.2, 0.25) is 5.91 Å². The number of carbonyl (C=O) groups excluding carboxylic acids is 1. The molecular formula is C13H18N4O. The molecule has 1 aromatic rings. The molecule has 0 saturated carbocycles. The zero-order chi connectivity index (χ0) is 13.5. The summed E-state index contributed by atoms with van der Waals surface area (Å²) in [7, 11) is 5.25. The summed E-state index contributed by atoms with van der Waals surface area (Å²) in [6, 6.07) is 7.83. The standard InChI is InChI=1S/C13H18N4O/c1-15-8-10-4-5-12(11(6-10)7-14)17(3)9-13(18)16-2/h4-6,15H,8-9H2,1-3H3,(H,16,18). The van der Waals surface area contributed by atoms with Gasteiger partial charge in [0.1, 0.15) is 6.07 Å². The highest BCUT2D eigenvalue weighted by Gasteiger charge is 2.10. The van der Waals surface area contributed by atoms with Gasteiger partial charge >= 0.3 is 0 Å². The average molecular weight is 246 g/mol. The molecule has 0 aliphatic heterocycles. The molecule has 0 aliphatic rings. The lowest BCUT2D eigenvalue weighted by atomic mass is 10.1. The molecule has 0 saturated heterocycles. The Labute approximate surface area is 107 Å². The van der Waals surface area contributed by atoms with Gasteiger partial charge in [-0.15, -0.1) is 0 Å². The predicted octanol–water partition coefficient (Wildman–Crippen LogP) is 0.460. The van der Waals surface area contributed by atoms with Crippen molar-refractivity contribution in [2.24, 2.45) is 0 Å². The number of hydrogen-bond donors (Lipinski definition) is 2. The second-order valence-corrected chi connectivity index (χ2v) is 4.02. The number of hydrogen-bond acceptors (Lipinski definition) is 4. The molecule has 96 valence electrons. The third-order valence-electron chi connectivity index (χ3n) is 2.63. The Morgan fingerprint density at radius 1 is 1.44 bits per heavy atom. The number of amides is 1. The van der Waals surface area contributed by atoms with Gasteiger partial charge in [0, 0.05) is 20.6 Å². The summed E-state index contributed by atoms with van der Waals surface area (Å²) in [4.78, 5) is 13.1. The van der Waals surface area contributed by atoms with E-state index in [9.17, 15) is 4.79 Å². The second-order valence-electron chi connectivity index (χ2n) is 4.02. The number of carbonyl (C=O) groups is 1. The maximum Gasteiger partial charge on any atom is 0.239 e. The minimum atomic E-state index is -0.0827. The van der Waals surface area contributed by atoms with Crippen LogP contribution in [0.4, 0.5) is 5.69 Å². The molecule has 0 radical (unpaired) electrons. The van der Waals surface area contributed by atoms with Gasteiger partial charge in [-0.2, -0.15) is 5.26 Å². The number of nitrogens with zero attached hydrogens (tertiary/aromatic N) is 2. The Morgan fingerprint density at radius 3 is 2.72 bits per heavy atom. The van der Waals surface area contributed by atoms with Crippen molar-refractivity contribution in [2.75, 3.05) is 32.6 Å². The van der Waals surface area contributed by atoms with Crippen LogP contribution in [0.15, 0.2) is 18.2 Å². The van der Waals surface area contributed by atoms with Gasteiger partial charge in [0.25, 0.3) is 0 Å². The number of nitriles is 1. The van der Waals surface area contributed by atoms with Gasteiger partial charge in [0.05, 0.1) is 17.8 Å². The maximum atomic E-state index is 11.3. The number of benzene rings is 1. The summed E-state index contributed by atoms with van der Waals surface area (Å²) in [6.07, 6.45) is 0. The summed E-state index contributed by atoms with van der Waals surface area (Å²) in [5.74, 6) is -0.0827. The third-order valence-corrected chi connectivity index (χ3v) is 2.63. The first kappa shape index (κ1) is 14.0. The molecule has 0 unspecified atom stereocenters. The minimum Gasteiger partial charge on any atom is -0.364 e. The molecular weight excluding hydrogens is 228 g/mol. The maximum absolute atomic E-state index is 11.3. The van der Waals surface area contributed by atoms with E-state index < -0.39 is 0 Å². The highest BCUT2D eigenvalue weighted by Crippen LogP contribution is 2.20. The van der Waals surface area contributed by atoms with Gasteiger partial charge in [-0.05, 0) is 24.7 Å². The van der Waals surface area contributed by atoms with E-state index in [1.165, 1.54) is 0 Å². The normalized spacial score (nSPS) is 9.67. The van der Waals surface area contributed by atoms with E-state index in [2.05, 4.69) is 16.7 Å². The molecule has 0 fully saturated rings. The second kappa shape index (κ2) is 6.62. The lowest BCUT2D eigenvalue weighted by Gasteiger charge is -2.20. The molecule has 0 spiro atoms. The molecule has 5 nitrogen and oxygen atoms in total. The van der Waals surface area contributed by atoms with Crippen molar-refractivity contribution in [3.8, 4) is 6.07 Å². The Hall–Kier alpha value is -2.06. The first-order chi connectivity index (χ1) is 8.62. The fourth-order valence-electron chi connectivity index (χ4n) is 1.70. The van der Waals surface area contributed by atoms with Gasteiger partial charge in [-0.1, -0.05) is 6.07 Å². The molecule has 0 bridgehead atoms. The molecule has 18 heavy (non-hydrogen) atoms. The van der Waals surface area contributed by atoms with E-state index in [-0.39, 0.29) is 12.5 Å². The van der Waals surface area contributed by atoms with Crippen LogP contribution in [-0.2, 0) is 11.3 Å². The third kappa shape index (κ3) is 3.47. The summed E-state index contributed by atoms with van der Waals surface area (Å²) in [5.41, 5.74) is 2.39. The lowest BCUT2D eigenvalue weighted by molar-refractivity contribution is -0.119. The van der Waals surface area contributed by atoms with Gasteiger partial charge < -0.3 is 15.5 Å².